The van der Waals surface area contributed by atoms with E-state index in [1.54, 1.807) is 11.3 Å². The summed E-state index contributed by atoms with van der Waals surface area (Å²) in [7, 11) is 0. The molecule has 0 radical (unpaired) electrons. The second-order valence-corrected chi connectivity index (χ2v) is 7.94. The van der Waals surface area contributed by atoms with Gasteiger partial charge in [-0.25, -0.2) is 0 Å². The maximum atomic E-state index is 12.3. The normalized spacial score (nSPS) is 18.1. The number of nitrogens with one attached hydrogen (secondary N) is 1. The molecular formula is C18H28Cl2N6O2S. The summed E-state index contributed by atoms with van der Waals surface area (Å²) >= 11 is 1.61. The first-order valence-electron chi connectivity index (χ1n) is 9.57. The van der Waals surface area contributed by atoms with E-state index >= 15 is 0 Å². The Hall–Kier alpha value is -1.23. The van der Waals surface area contributed by atoms with E-state index in [9.17, 15) is 4.79 Å². The monoisotopic (exact) mass is 462 g/mol. The molecule has 0 aliphatic carbocycles. The summed E-state index contributed by atoms with van der Waals surface area (Å²) in [6.07, 6.45) is 0.619. The molecule has 29 heavy (non-hydrogen) atoms. The Labute approximate surface area is 187 Å². The number of rotatable bonds is 6. The minimum Gasteiger partial charge on any atom is -0.340 e. The zero-order valence-electron chi connectivity index (χ0n) is 16.3. The molecule has 4 heterocycles. The molecule has 2 aliphatic rings. The maximum absolute atomic E-state index is 12.3. The van der Waals surface area contributed by atoms with Crippen molar-refractivity contribution >= 4 is 42.1 Å². The molecule has 0 atom stereocenters. The summed E-state index contributed by atoms with van der Waals surface area (Å²) in [5.41, 5.74) is 0. The Morgan fingerprint density at radius 2 is 1.83 bits per heavy atom. The molecule has 2 saturated heterocycles. The van der Waals surface area contributed by atoms with E-state index < -0.39 is 0 Å². The number of aromatic nitrogens is 2. The fourth-order valence-corrected chi connectivity index (χ4v) is 4.16. The lowest BCUT2D eigenvalue weighted by molar-refractivity contribution is -0.132. The van der Waals surface area contributed by atoms with Gasteiger partial charge in [0, 0.05) is 65.3 Å². The van der Waals surface area contributed by atoms with E-state index in [0.29, 0.717) is 24.7 Å². The molecule has 162 valence electrons. The lowest BCUT2D eigenvalue weighted by atomic mass is 10.2. The van der Waals surface area contributed by atoms with Crippen LogP contribution in [0.15, 0.2) is 22.0 Å². The molecular weight excluding hydrogens is 435 g/mol. The van der Waals surface area contributed by atoms with Crippen molar-refractivity contribution in [3.8, 4) is 10.7 Å². The fourth-order valence-electron chi connectivity index (χ4n) is 3.51. The van der Waals surface area contributed by atoms with Crippen molar-refractivity contribution in [2.24, 2.45) is 0 Å². The lowest BCUT2D eigenvalue weighted by Crippen LogP contribution is -2.49. The predicted octanol–water partition coefficient (Wildman–Crippen LogP) is 1.58. The number of nitrogens with zero attached hydrogens (tertiary/aromatic N) is 5. The number of piperazine rings is 2. The largest absolute Gasteiger partial charge is 0.340 e. The van der Waals surface area contributed by atoms with Gasteiger partial charge in [-0.15, -0.1) is 36.2 Å². The van der Waals surface area contributed by atoms with Crippen molar-refractivity contribution in [1.29, 1.82) is 0 Å². The van der Waals surface area contributed by atoms with E-state index in [4.69, 9.17) is 4.52 Å². The van der Waals surface area contributed by atoms with Crippen molar-refractivity contribution in [3.63, 3.8) is 0 Å². The number of amides is 1. The van der Waals surface area contributed by atoms with Crippen LogP contribution >= 0.6 is 36.2 Å². The van der Waals surface area contributed by atoms with Gasteiger partial charge in [-0.2, -0.15) is 4.98 Å². The average Bonchev–Trinajstić information content (AvgIpc) is 3.40. The summed E-state index contributed by atoms with van der Waals surface area (Å²) in [6.45, 7) is 8.89. The third-order valence-corrected chi connectivity index (χ3v) is 6.01. The first-order chi connectivity index (χ1) is 13.3. The zero-order chi connectivity index (χ0) is 18.5. The quantitative estimate of drug-likeness (QED) is 0.697. The molecule has 11 heteroatoms. The molecule has 0 saturated carbocycles. The first-order valence-corrected chi connectivity index (χ1v) is 10.5. The molecule has 2 aliphatic heterocycles. The van der Waals surface area contributed by atoms with Gasteiger partial charge in [-0.05, 0) is 11.4 Å². The Morgan fingerprint density at radius 3 is 2.52 bits per heavy atom. The topological polar surface area (TPSA) is 77.7 Å². The number of hydrogen-bond acceptors (Lipinski definition) is 8. The smallest absolute Gasteiger partial charge is 0.241 e. The van der Waals surface area contributed by atoms with Crippen LogP contribution in [0.25, 0.3) is 10.7 Å². The van der Waals surface area contributed by atoms with Crippen LogP contribution in [0.4, 0.5) is 0 Å². The highest BCUT2D eigenvalue weighted by Crippen LogP contribution is 2.21. The van der Waals surface area contributed by atoms with Crippen molar-refractivity contribution in [3.05, 3.63) is 23.4 Å². The standard InChI is InChI=1S/C18H26N6O2S.2ClH/c25-17(24-7-4-19-5-8-24)3-6-22-9-11-23(12-10-22)14-16-20-18(21-26-16)15-2-1-13-27-15;;/h1-2,13,19H,3-12,14H2;2*1H. The number of carbonyl (C=O) groups is 1. The van der Waals surface area contributed by atoms with Crippen molar-refractivity contribution in [2.75, 3.05) is 58.9 Å². The Morgan fingerprint density at radius 1 is 1.10 bits per heavy atom. The molecule has 8 nitrogen and oxygen atoms in total. The second kappa shape index (κ2) is 11.8. The minimum atomic E-state index is 0. The van der Waals surface area contributed by atoms with Gasteiger partial charge in [-0.1, -0.05) is 11.2 Å². The van der Waals surface area contributed by atoms with Crippen LogP contribution in [-0.2, 0) is 11.3 Å². The summed E-state index contributed by atoms with van der Waals surface area (Å²) in [5, 5.41) is 9.37. The molecule has 2 fully saturated rings. The van der Waals surface area contributed by atoms with Crippen LogP contribution in [0.5, 0.6) is 0 Å². The molecule has 0 unspecified atom stereocenters. The van der Waals surface area contributed by atoms with Gasteiger partial charge < -0.3 is 19.6 Å². The highest BCUT2D eigenvalue weighted by Gasteiger charge is 2.21. The van der Waals surface area contributed by atoms with E-state index in [0.717, 1.165) is 63.8 Å². The van der Waals surface area contributed by atoms with Crippen LogP contribution in [0.2, 0.25) is 0 Å². The molecule has 1 N–H and O–H groups in total. The number of thiophene rings is 1. The van der Waals surface area contributed by atoms with Crippen LogP contribution < -0.4 is 5.32 Å². The Balaban J connectivity index is 0.00000150. The summed E-state index contributed by atoms with van der Waals surface area (Å²) in [5.74, 6) is 1.62. The van der Waals surface area contributed by atoms with Crippen LogP contribution in [-0.4, -0.2) is 89.7 Å². The molecule has 2 aromatic heterocycles. The Bertz CT molecular complexity index is 731. The molecule has 1 amide bonds. The van der Waals surface area contributed by atoms with Gasteiger partial charge in [0.1, 0.15) is 0 Å². The molecule has 0 aromatic carbocycles. The highest BCUT2D eigenvalue weighted by molar-refractivity contribution is 7.13. The molecule has 4 rings (SSSR count). The van der Waals surface area contributed by atoms with E-state index in [2.05, 4.69) is 25.3 Å². The van der Waals surface area contributed by atoms with Gasteiger partial charge in [0.2, 0.25) is 17.6 Å². The third-order valence-electron chi connectivity index (χ3n) is 5.15. The van der Waals surface area contributed by atoms with E-state index in [-0.39, 0.29) is 30.7 Å². The molecule has 0 spiro atoms. The highest BCUT2D eigenvalue weighted by atomic mass is 35.5. The van der Waals surface area contributed by atoms with Gasteiger partial charge >= 0.3 is 0 Å². The predicted molar refractivity (Wildman–Crippen MR) is 118 cm³/mol. The van der Waals surface area contributed by atoms with E-state index in [1.807, 2.05) is 22.4 Å². The fraction of sp³-hybridized carbons (Fsp3) is 0.611. The van der Waals surface area contributed by atoms with E-state index in [1.165, 1.54) is 0 Å². The van der Waals surface area contributed by atoms with Crippen LogP contribution in [0.3, 0.4) is 0 Å². The van der Waals surface area contributed by atoms with Gasteiger partial charge in [0.25, 0.3) is 0 Å². The average molecular weight is 463 g/mol. The summed E-state index contributed by atoms with van der Waals surface area (Å²) in [6, 6.07) is 3.99. The maximum Gasteiger partial charge on any atom is 0.241 e. The van der Waals surface area contributed by atoms with Gasteiger partial charge in [-0.3, -0.25) is 9.69 Å². The van der Waals surface area contributed by atoms with Gasteiger partial charge in [0.05, 0.1) is 11.4 Å². The second-order valence-electron chi connectivity index (χ2n) is 6.99. The molecule has 0 bridgehead atoms. The number of hydrogen-bond donors (Lipinski definition) is 1. The summed E-state index contributed by atoms with van der Waals surface area (Å²) in [4.78, 5) is 24.5. The SMILES string of the molecule is Cl.Cl.O=C(CCN1CCN(Cc2nc(-c3cccs3)no2)CC1)N1CCNCC1. The number of carbonyl (C=O) groups excluding carboxylic acids is 1. The van der Waals surface area contributed by atoms with Crippen LogP contribution in [0.1, 0.15) is 12.3 Å². The molecule has 2 aromatic rings. The van der Waals surface area contributed by atoms with Crippen molar-refractivity contribution in [1.82, 2.24) is 30.2 Å². The van der Waals surface area contributed by atoms with Crippen molar-refractivity contribution in [2.45, 2.75) is 13.0 Å². The Kier molecular flexibility index (Phi) is 9.81. The third kappa shape index (κ3) is 6.63. The van der Waals surface area contributed by atoms with Crippen LogP contribution in [0, 0.1) is 0 Å². The number of halogens is 2. The first kappa shape index (κ1) is 24.0. The summed E-state index contributed by atoms with van der Waals surface area (Å²) < 4.78 is 5.40. The lowest BCUT2D eigenvalue weighted by Gasteiger charge is -2.34. The van der Waals surface area contributed by atoms with Gasteiger partial charge in [0.15, 0.2) is 0 Å². The minimum absolute atomic E-state index is 0. The van der Waals surface area contributed by atoms with Crippen molar-refractivity contribution < 1.29 is 9.32 Å². The zero-order valence-corrected chi connectivity index (χ0v) is 18.7.